The van der Waals surface area contributed by atoms with Crippen molar-refractivity contribution in [1.29, 1.82) is 0 Å². The molecule has 0 aliphatic heterocycles. The van der Waals surface area contributed by atoms with E-state index in [2.05, 4.69) is 19.7 Å². The molecular formula is C9H10N4O2S. The Bertz CT molecular complexity index is 577. The first-order valence-corrected chi connectivity index (χ1v) is 6.00. The first kappa shape index (κ1) is 10.6. The van der Waals surface area contributed by atoms with Crippen LogP contribution >= 0.6 is 0 Å². The van der Waals surface area contributed by atoms with E-state index in [0.29, 0.717) is 5.69 Å². The number of H-pyrrole nitrogens is 1. The third-order valence-electron chi connectivity index (χ3n) is 2.03. The average molecular weight is 238 g/mol. The van der Waals surface area contributed by atoms with Gasteiger partial charge < -0.3 is 4.98 Å². The molecule has 2 heterocycles. The number of nitrogens with zero attached hydrogens (tertiary/aromatic N) is 2. The predicted molar refractivity (Wildman–Crippen MR) is 58.4 cm³/mol. The third-order valence-corrected chi connectivity index (χ3v) is 3.32. The van der Waals surface area contributed by atoms with Gasteiger partial charge in [-0.3, -0.25) is 9.71 Å². The van der Waals surface area contributed by atoms with Crippen molar-refractivity contribution in [3.8, 4) is 0 Å². The Morgan fingerprint density at radius 1 is 1.31 bits per heavy atom. The molecule has 0 atom stereocenters. The van der Waals surface area contributed by atoms with Crippen LogP contribution in [0, 0.1) is 6.92 Å². The number of nitrogens with one attached hydrogen (secondary N) is 2. The standard InChI is InChI=1S/C9H10N4O2S/c1-7-4-10-3-2-8(7)13-16(14,15)9-5-11-6-12-9/h2-6H,1H3,(H,10,13)(H,11,12). The fourth-order valence-corrected chi connectivity index (χ4v) is 2.21. The topological polar surface area (TPSA) is 87.7 Å². The monoisotopic (exact) mass is 238 g/mol. The van der Waals surface area contributed by atoms with Crippen molar-refractivity contribution in [3.05, 3.63) is 36.5 Å². The molecule has 0 aliphatic rings. The van der Waals surface area contributed by atoms with Crippen LogP contribution in [0.4, 0.5) is 5.69 Å². The SMILES string of the molecule is Cc1cnccc1NS(=O)(=O)c1cnc[nH]1. The summed E-state index contributed by atoms with van der Waals surface area (Å²) in [6.45, 7) is 1.78. The van der Waals surface area contributed by atoms with E-state index >= 15 is 0 Å². The molecule has 2 aromatic heterocycles. The summed E-state index contributed by atoms with van der Waals surface area (Å²) in [6.07, 6.45) is 5.68. The van der Waals surface area contributed by atoms with Gasteiger partial charge in [0.25, 0.3) is 10.0 Å². The minimum absolute atomic E-state index is 0.0312. The van der Waals surface area contributed by atoms with E-state index in [1.807, 2.05) is 0 Å². The molecule has 84 valence electrons. The lowest BCUT2D eigenvalue weighted by molar-refractivity contribution is 0.598. The predicted octanol–water partition coefficient (Wildman–Crippen LogP) is 0.914. The van der Waals surface area contributed by atoms with E-state index in [1.54, 1.807) is 19.2 Å². The second kappa shape index (κ2) is 3.93. The highest BCUT2D eigenvalue weighted by molar-refractivity contribution is 7.92. The number of pyridine rings is 1. The van der Waals surface area contributed by atoms with Gasteiger partial charge in [0.15, 0.2) is 5.03 Å². The Hall–Kier alpha value is -1.89. The van der Waals surface area contributed by atoms with E-state index in [1.165, 1.54) is 18.7 Å². The molecule has 0 amide bonds. The van der Waals surface area contributed by atoms with E-state index in [-0.39, 0.29) is 5.03 Å². The number of sulfonamides is 1. The van der Waals surface area contributed by atoms with E-state index in [9.17, 15) is 8.42 Å². The normalized spacial score (nSPS) is 11.3. The molecule has 0 unspecified atom stereocenters. The lowest BCUT2D eigenvalue weighted by atomic mass is 10.3. The molecule has 0 saturated heterocycles. The van der Waals surface area contributed by atoms with E-state index < -0.39 is 10.0 Å². The number of aryl methyl sites for hydroxylation is 1. The first-order chi connectivity index (χ1) is 7.59. The van der Waals surface area contributed by atoms with Crippen molar-refractivity contribution in [2.75, 3.05) is 4.72 Å². The molecular weight excluding hydrogens is 228 g/mol. The van der Waals surface area contributed by atoms with E-state index in [0.717, 1.165) is 5.56 Å². The Morgan fingerprint density at radius 3 is 2.75 bits per heavy atom. The molecule has 0 spiro atoms. The lowest BCUT2D eigenvalue weighted by Crippen LogP contribution is -2.14. The number of aromatic nitrogens is 3. The zero-order valence-electron chi connectivity index (χ0n) is 8.51. The first-order valence-electron chi connectivity index (χ1n) is 4.51. The van der Waals surface area contributed by atoms with Crippen LogP contribution in [-0.2, 0) is 10.0 Å². The zero-order chi connectivity index (χ0) is 11.6. The number of aromatic amines is 1. The average Bonchev–Trinajstić information content (AvgIpc) is 2.75. The fraction of sp³-hybridized carbons (Fsp3) is 0.111. The van der Waals surface area contributed by atoms with Crippen LogP contribution in [0.2, 0.25) is 0 Å². The molecule has 0 radical (unpaired) electrons. The smallest absolute Gasteiger partial charge is 0.278 e. The molecule has 0 aliphatic carbocycles. The van der Waals surface area contributed by atoms with Crippen LogP contribution in [0.25, 0.3) is 0 Å². The molecule has 6 nitrogen and oxygen atoms in total. The molecule has 0 saturated carbocycles. The summed E-state index contributed by atoms with van der Waals surface area (Å²) >= 11 is 0. The van der Waals surface area contributed by atoms with E-state index in [4.69, 9.17) is 0 Å². The van der Waals surface area contributed by atoms with Crippen molar-refractivity contribution in [3.63, 3.8) is 0 Å². The Kier molecular flexibility index (Phi) is 2.61. The highest BCUT2D eigenvalue weighted by atomic mass is 32.2. The summed E-state index contributed by atoms with van der Waals surface area (Å²) in [5.74, 6) is 0. The van der Waals surface area contributed by atoms with Crippen molar-refractivity contribution < 1.29 is 8.42 Å². The van der Waals surface area contributed by atoms with Crippen LogP contribution in [0.3, 0.4) is 0 Å². The molecule has 0 fully saturated rings. The van der Waals surface area contributed by atoms with Crippen LogP contribution in [-0.4, -0.2) is 23.4 Å². The van der Waals surface area contributed by atoms with Gasteiger partial charge in [-0.05, 0) is 18.6 Å². The van der Waals surface area contributed by atoms with Crippen LogP contribution in [0.5, 0.6) is 0 Å². The van der Waals surface area contributed by atoms with Gasteiger partial charge in [-0.15, -0.1) is 0 Å². The minimum Gasteiger partial charge on any atom is -0.334 e. The van der Waals surface area contributed by atoms with Gasteiger partial charge in [0.2, 0.25) is 0 Å². The van der Waals surface area contributed by atoms with Crippen molar-refractivity contribution in [1.82, 2.24) is 15.0 Å². The number of rotatable bonds is 3. The van der Waals surface area contributed by atoms with Crippen LogP contribution in [0.1, 0.15) is 5.56 Å². The van der Waals surface area contributed by atoms with Crippen LogP contribution in [0.15, 0.2) is 36.0 Å². The molecule has 0 bridgehead atoms. The quantitative estimate of drug-likeness (QED) is 0.832. The second-order valence-electron chi connectivity index (χ2n) is 3.21. The second-order valence-corrected chi connectivity index (χ2v) is 4.86. The molecule has 7 heteroatoms. The van der Waals surface area contributed by atoms with Gasteiger partial charge in [0.05, 0.1) is 18.2 Å². The lowest BCUT2D eigenvalue weighted by Gasteiger charge is -2.07. The summed E-state index contributed by atoms with van der Waals surface area (Å²) in [5.41, 5.74) is 1.26. The van der Waals surface area contributed by atoms with Gasteiger partial charge in [-0.25, -0.2) is 4.98 Å². The summed E-state index contributed by atoms with van der Waals surface area (Å²) in [5, 5.41) is 0.0312. The van der Waals surface area contributed by atoms with Crippen molar-refractivity contribution in [2.24, 2.45) is 0 Å². The molecule has 2 aromatic rings. The maximum atomic E-state index is 11.8. The highest BCUT2D eigenvalue weighted by Gasteiger charge is 2.16. The summed E-state index contributed by atoms with van der Waals surface area (Å²) in [7, 11) is -3.59. The van der Waals surface area contributed by atoms with Gasteiger partial charge in [-0.2, -0.15) is 8.42 Å². The number of hydrogen-bond donors (Lipinski definition) is 2. The largest absolute Gasteiger partial charge is 0.334 e. The Labute approximate surface area is 92.8 Å². The maximum absolute atomic E-state index is 11.8. The number of anilines is 1. The minimum atomic E-state index is -3.59. The van der Waals surface area contributed by atoms with Crippen molar-refractivity contribution >= 4 is 15.7 Å². The summed E-state index contributed by atoms with van der Waals surface area (Å²) < 4.78 is 26.1. The zero-order valence-corrected chi connectivity index (χ0v) is 9.32. The fourth-order valence-electron chi connectivity index (χ4n) is 1.18. The third kappa shape index (κ3) is 2.03. The number of imidazole rings is 1. The summed E-state index contributed by atoms with van der Waals surface area (Å²) in [4.78, 5) is 10.1. The molecule has 0 aromatic carbocycles. The Morgan fingerprint density at radius 2 is 2.12 bits per heavy atom. The highest BCUT2D eigenvalue weighted by Crippen LogP contribution is 2.16. The molecule has 2 N–H and O–H groups in total. The number of hydrogen-bond acceptors (Lipinski definition) is 4. The Balaban J connectivity index is 2.33. The van der Waals surface area contributed by atoms with Gasteiger partial charge >= 0.3 is 0 Å². The maximum Gasteiger partial charge on any atom is 0.278 e. The van der Waals surface area contributed by atoms with Gasteiger partial charge in [-0.1, -0.05) is 0 Å². The molecule has 2 rings (SSSR count). The molecule has 16 heavy (non-hydrogen) atoms. The van der Waals surface area contributed by atoms with Crippen molar-refractivity contribution in [2.45, 2.75) is 11.9 Å². The van der Waals surface area contributed by atoms with Gasteiger partial charge in [0.1, 0.15) is 0 Å². The summed E-state index contributed by atoms with van der Waals surface area (Å²) in [6, 6.07) is 1.60. The van der Waals surface area contributed by atoms with Gasteiger partial charge in [0, 0.05) is 12.4 Å². The van der Waals surface area contributed by atoms with Crippen LogP contribution < -0.4 is 4.72 Å².